The van der Waals surface area contributed by atoms with E-state index in [9.17, 15) is 9.59 Å². The first-order chi connectivity index (χ1) is 6.18. The number of hydrogen-bond donors (Lipinski definition) is 0. The predicted octanol–water partition coefficient (Wildman–Crippen LogP) is 1.57. The van der Waals surface area contributed by atoms with Crippen molar-refractivity contribution in [2.75, 3.05) is 0 Å². The topological polar surface area (TPSA) is 43.4 Å². The average Bonchev–Trinajstić information content (AvgIpc) is 2.04. The van der Waals surface area contributed by atoms with Crippen molar-refractivity contribution in [2.45, 2.75) is 13.3 Å². The lowest BCUT2D eigenvalue weighted by Crippen LogP contribution is -2.11. The van der Waals surface area contributed by atoms with Gasteiger partial charge in [0.25, 0.3) is 0 Å². The van der Waals surface area contributed by atoms with Gasteiger partial charge in [0.2, 0.25) is 0 Å². The van der Waals surface area contributed by atoms with Gasteiger partial charge in [-0.05, 0) is 19.1 Å². The third-order valence-electron chi connectivity index (χ3n) is 1.37. The van der Waals surface area contributed by atoms with Crippen LogP contribution < -0.4 is 4.74 Å². The molecule has 1 aromatic rings. The number of rotatable bonds is 3. The molecule has 13 heavy (non-hydrogen) atoms. The van der Waals surface area contributed by atoms with Crippen LogP contribution in [-0.4, -0.2) is 11.8 Å². The molecule has 0 aliphatic heterocycles. The molecule has 1 aromatic carbocycles. The normalized spacial score (nSPS) is 9.31. The summed E-state index contributed by atoms with van der Waals surface area (Å²) in [5.74, 6) is -0.242. The minimum absolute atomic E-state index is 0.172. The smallest absolute Gasteiger partial charge is 0.318 e. The molecule has 68 valence electrons. The monoisotopic (exact) mass is 178 g/mol. The molecule has 1 rings (SSSR count). The summed E-state index contributed by atoms with van der Waals surface area (Å²) < 4.78 is 4.87. The van der Waals surface area contributed by atoms with Crippen LogP contribution in [0.1, 0.15) is 13.3 Å². The molecule has 0 unspecified atom stereocenters. The third kappa shape index (κ3) is 3.51. The molecule has 3 nitrogen and oxygen atoms in total. The van der Waals surface area contributed by atoms with Gasteiger partial charge in [0, 0.05) is 0 Å². The lowest BCUT2D eigenvalue weighted by Gasteiger charge is -2.01. The minimum atomic E-state index is -0.515. The second-order valence-corrected chi connectivity index (χ2v) is 2.67. The van der Waals surface area contributed by atoms with Gasteiger partial charge in [-0.25, -0.2) is 0 Å². The second kappa shape index (κ2) is 4.40. The van der Waals surface area contributed by atoms with Crippen LogP contribution in [0.25, 0.3) is 0 Å². The van der Waals surface area contributed by atoms with Gasteiger partial charge in [0.05, 0.1) is 0 Å². The van der Waals surface area contributed by atoms with E-state index in [0.717, 1.165) is 0 Å². The number of carbonyl (C=O) groups is 2. The Labute approximate surface area is 76.3 Å². The summed E-state index contributed by atoms with van der Waals surface area (Å²) in [6.07, 6.45) is -0.172. The van der Waals surface area contributed by atoms with Crippen molar-refractivity contribution in [3.8, 4) is 5.75 Å². The Morgan fingerprint density at radius 2 is 1.85 bits per heavy atom. The number of benzene rings is 1. The lowest BCUT2D eigenvalue weighted by molar-refractivity contribution is -0.137. The summed E-state index contributed by atoms with van der Waals surface area (Å²) in [4.78, 5) is 21.5. The van der Waals surface area contributed by atoms with Crippen molar-refractivity contribution >= 4 is 11.8 Å². The zero-order valence-corrected chi connectivity index (χ0v) is 7.32. The predicted molar refractivity (Wildman–Crippen MR) is 47.4 cm³/mol. The van der Waals surface area contributed by atoms with Crippen LogP contribution in [0.2, 0.25) is 0 Å². The molecule has 0 atom stereocenters. The van der Waals surface area contributed by atoms with Gasteiger partial charge < -0.3 is 4.74 Å². The van der Waals surface area contributed by atoms with E-state index < -0.39 is 5.97 Å². The first-order valence-corrected chi connectivity index (χ1v) is 3.93. The van der Waals surface area contributed by atoms with Crippen molar-refractivity contribution in [2.24, 2.45) is 0 Å². The molecule has 0 bridgehead atoms. The summed E-state index contributed by atoms with van der Waals surface area (Å²) in [6, 6.07) is 8.67. The summed E-state index contributed by atoms with van der Waals surface area (Å²) in [7, 11) is 0. The number of ether oxygens (including phenoxy) is 1. The van der Waals surface area contributed by atoms with Gasteiger partial charge in [0.15, 0.2) is 0 Å². The second-order valence-electron chi connectivity index (χ2n) is 2.67. The van der Waals surface area contributed by atoms with Crippen molar-refractivity contribution in [1.29, 1.82) is 0 Å². The molecule has 0 spiro atoms. The Kier molecular flexibility index (Phi) is 3.20. The van der Waals surface area contributed by atoms with Gasteiger partial charge in [-0.3, -0.25) is 9.59 Å². The number of ketones is 1. The Hall–Kier alpha value is -1.64. The van der Waals surface area contributed by atoms with Crippen molar-refractivity contribution in [3.05, 3.63) is 30.3 Å². The molecule has 0 heterocycles. The van der Waals surface area contributed by atoms with E-state index in [1.807, 2.05) is 6.07 Å². The molecule has 0 fully saturated rings. The summed E-state index contributed by atoms with van der Waals surface area (Å²) in [5, 5.41) is 0. The number of carbonyl (C=O) groups excluding carboxylic acids is 2. The largest absolute Gasteiger partial charge is 0.426 e. The van der Waals surface area contributed by atoms with E-state index in [1.54, 1.807) is 24.3 Å². The van der Waals surface area contributed by atoms with Crippen LogP contribution in [-0.2, 0) is 9.59 Å². The van der Waals surface area contributed by atoms with Crippen molar-refractivity contribution in [3.63, 3.8) is 0 Å². The zero-order chi connectivity index (χ0) is 9.68. The lowest BCUT2D eigenvalue weighted by atomic mass is 10.3. The van der Waals surface area contributed by atoms with Crippen LogP contribution >= 0.6 is 0 Å². The molecule has 0 aliphatic carbocycles. The molecular formula is C10H10O3. The number of Topliss-reactive ketones (excluding diaryl/α,β-unsaturated/α-hetero) is 1. The van der Waals surface area contributed by atoms with Crippen LogP contribution in [0.4, 0.5) is 0 Å². The molecule has 0 radical (unpaired) electrons. The highest BCUT2D eigenvalue weighted by molar-refractivity contribution is 5.94. The zero-order valence-electron chi connectivity index (χ0n) is 7.32. The Morgan fingerprint density at radius 1 is 1.23 bits per heavy atom. The Bertz CT molecular complexity index is 303. The van der Waals surface area contributed by atoms with E-state index in [2.05, 4.69) is 0 Å². The van der Waals surface area contributed by atoms with E-state index in [0.29, 0.717) is 5.75 Å². The van der Waals surface area contributed by atoms with Crippen molar-refractivity contribution in [1.82, 2.24) is 0 Å². The molecular weight excluding hydrogens is 168 g/mol. The quantitative estimate of drug-likeness (QED) is 0.401. The Morgan fingerprint density at radius 3 is 2.38 bits per heavy atom. The standard InChI is InChI=1S/C10H10O3/c1-8(11)7-10(12)13-9-5-3-2-4-6-9/h2-6H,7H2,1H3. The van der Waals surface area contributed by atoms with E-state index >= 15 is 0 Å². The fraction of sp³-hybridized carbons (Fsp3) is 0.200. The van der Waals surface area contributed by atoms with Crippen molar-refractivity contribution < 1.29 is 14.3 Å². The molecule has 0 saturated heterocycles. The van der Waals surface area contributed by atoms with Crippen LogP contribution in [0.15, 0.2) is 30.3 Å². The van der Waals surface area contributed by atoms with Gasteiger partial charge in [-0.2, -0.15) is 0 Å². The van der Waals surface area contributed by atoms with Crippen LogP contribution in [0.3, 0.4) is 0 Å². The number of para-hydroxylation sites is 1. The molecule has 0 aliphatic rings. The maximum Gasteiger partial charge on any atom is 0.318 e. The minimum Gasteiger partial charge on any atom is -0.426 e. The van der Waals surface area contributed by atoms with Gasteiger partial charge >= 0.3 is 5.97 Å². The van der Waals surface area contributed by atoms with E-state index in [-0.39, 0.29) is 12.2 Å². The highest BCUT2D eigenvalue weighted by Gasteiger charge is 2.06. The third-order valence-corrected chi connectivity index (χ3v) is 1.37. The summed E-state index contributed by atoms with van der Waals surface area (Å²) in [6.45, 7) is 1.35. The first-order valence-electron chi connectivity index (χ1n) is 3.93. The van der Waals surface area contributed by atoms with Crippen LogP contribution in [0, 0.1) is 0 Å². The maximum absolute atomic E-state index is 11.0. The average molecular weight is 178 g/mol. The summed E-state index contributed by atoms with van der Waals surface area (Å²) in [5.41, 5.74) is 0. The molecule has 0 aromatic heterocycles. The van der Waals surface area contributed by atoms with Gasteiger partial charge in [-0.1, -0.05) is 18.2 Å². The fourth-order valence-corrected chi connectivity index (χ4v) is 0.859. The fourth-order valence-electron chi connectivity index (χ4n) is 0.859. The molecule has 0 amide bonds. The molecule has 0 saturated carbocycles. The Balaban J connectivity index is 2.50. The highest BCUT2D eigenvalue weighted by Crippen LogP contribution is 2.08. The van der Waals surface area contributed by atoms with Gasteiger partial charge in [0.1, 0.15) is 18.0 Å². The summed E-state index contributed by atoms with van der Waals surface area (Å²) >= 11 is 0. The molecule has 3 heteroatoms. The SMILES string of the molecule is CC(=O)CC(=O)Oc1ccccc1. The van der Waals surface area contributed by atoms with E-state index in [4.69, 9.17) is 4.74 Å². The number of hydrogen-bond acceptors (Lipinski definition) is 3. The number of esters is 1. The van der Waals surface area contributed by atoms with Crippen LogP contribution in [0.5, 0.6) is 5.75 Å². The van der Waals surface area contributed by atoms with E-state index in [1.165, 1.54) is 6.92 Å². The maximum atomic E-state index is 11.0. The van der Waals surface area contributed by atoms with Gasteiger partial charge in [-0.15, -0.1) is 0 Å². The highest BCUT2D eigenvalue weighted by atomic mass is 16.5. The molecule has 0 N–H and O–H groups in total. The first kappa shape index (κ1) is 9.45.